The summed E-state index contributed by atoms with van der Waals surface area (Å²) in [5.74, 6) is 0. The van der Waals surface area contributed by atoms with Gasteiger partial charge in [-0.05, 0) is 19.9 Å². The van der Waals surface area contributed by atoms with Crippen LogP contribution in [-0.2, 0) is 4.74 Å². The van der Waals surface area contributed by atoms with Crippen LogP contribution in [0, 0.1) is 0 Å². The third kappa shape index (κ3) is 2.40. The molecular weight excluding hydrogens is 218 g/mol. The molecule has 0 unspecified atom stereocenters. The van der Waals surface area contributed by atoms with Gasteiger partial charge < -0.3 is 14.5 Å². The molecule has 98 valence electrons. The summed E-state index contributed by atoms with van der Waals surface area (Å²) < 4.78 is 5.62. The van der Waals surface area contributed by atoms with Gasteiger partial charge in [-0.3, -0.25) is 4.90 Å². The molecular formula is C12H23N3O2. The Bertz CT molecular complexity index is 285. The zero-order valence-electron chi connectivity index (χ0n) is 11.1. The van der Waals surface area contributed by atoms with Crippen molar-refractivity contribution in [2.75, 3.05) is 54.0 Å². The van der Waals surface area contributed by atoms with Crippen LogP contribution in [0.15, 0.2) is 0 Å². The van der Waals surface area contributed by atoms with E-state index in [0.29, 0.717) is 0 Å². The Hall–Kier alpha value is -0.810. The summed E-state index contributed by atoms with van der Waals surface area (Å²) in [6, 6.07) is 0.124. The molecule has 0 saturated carbocycles. The van der Waals surface area contributed by atoms with E-state index in [1.54, 1.807) is 4.90 Å². The summed E-state index contributed by atoms with van der Waals surface area (Å²) in [5.41, 5.74) is 0.168. The van der Waals surface area contributed by atoms with Crippen molar-refractivity contribution in [2.24, 2.45) is 0 Å². The van der Waals surface area contributed by atoms with Gasteiger partial charge in [0.15, 0.2) is 0 Å². The number of amides is 2. The first-order valence-corrected chi connectivity index (χ1v) is 6.30. The number of ether oxygens (including phenoxy) is 1. The summed E-state index contributed by atoms with van der Waals surface area (Å²) in [6.07, 6.45) is 2.03. The van der Waals surface area contributed by atoms with E-state index in [4.69, 9.17) is 4.74 Å². The van der Waals surface area contributed by atoms with Crippen LogP contribution in [0.2, 0.25) is 0 Å². The SMILES string of the molecule is CN(C)C(=O)N1CCC2(CC1)COCCN2C. The van der Waals surface area contributed by atoms with Gasteiger partial charge in [-0.1, -0.05) is 0 Å². The number of morpholine rings is 1. The first-order valence-electron chi connectivity index (χ1n) is 6.30. The summed E-state index contributed by atoms with van der Waals surface area (Å²) in [6.45, 7) is 4.32. The van der Waals surface area contributed by atoms with Gasteiger partial charge in [0.05, 0.1) is 13.2 Å². The smallest absolute Gasteiger partial charge is 0.319 e. The van der Waals surface area contributed by atoms with Crippen LogP contribution in [-0.4, -0.2) is 80.3 Å². The summed E-state index contributed by atoms with van der Waals surface area (Å²) in [7, 11) is 5.79. The van der Waals surface area contributed by atoms with Crippen LogP contribution in [0.1, 0.15) is 12.8 Å². The topological polar surface area (TPSA) is 36.0 Å². The Balaban J connectivity index is 1.95. The summed E-state index contributed by atoms with van der Waals surface area (Å²) in [5, 5.41) is 0. The minimum Gasteiger partial charge on any atom is -0.378 e. The van der Waals surface area contributed by atoms with Gasteiger partial charge in [0.1, 0.15) is 0 Å². The van der Waals surface area contributed by atoms with Crippen LogP contribution >= 0.6 is 0 Å². The summed E-state index contributed by atoms with van der Waals surface area (Å²) in [4.78, 5) is 17.9. The average molecular weight is 241 g/mol. The van der Waals surface area contributed by atoms with E-state index < -0.39 is 0 Å². The van der Waals surface area contributed by atoms with Gasteiger partial charge in [-0.2, -0.15) is 0 Å². The number of piperidine rings is 1. The van der Waals surface area contributed by atoms with Crippen LogP contribution < -0.4 is 0 Å². The number of nitrogens with zero attached hydrogens (tertiary/aromatic N) is 3. The van der Waals surface area contributed by atoms with Crippen LogP contribution in [0.25, 0.3) is 0 Å². The molecule has 0 aromatic carbocycles. The Labute approximate surface area is 103 Å². The van der Waals surface area contributed by atoms with Crippen molar-refractivity contribution in [3.63, 3.8) is 0 Å². The van der Waals surface area contributed by atoms with E-state index in [1.807, 2.05) is 19.0 Å². The third-order valence-electron chi connectivity index (χ3n) is 4.10. The highest BCUT2D eigenvalue weighted by Crippen LogP contribution is 2.30. The largest absolute Gasteiger partial charge is 0.378 e. The molecule has 2 saturated heterocycles. The zero-order chi connectivity index (χ0) is 12.5. The molecule has 1 spiro atoms. The predicted molar refractivity (Wildman–Crippen MR) is 66.1 cm³/mol. The molecule has 0 atom stereocenters. The lowest BCUT2D eigenvalue weighted by Crippen LogP contribution is -2.61. The number of hydrogen-bond donors (Lipinski definition) is 0. The number of rotatable bonds is 0. The molecule has 2 amide bonds. The Morgan fingerprint density at radius 2 is 1.88 bits per heavy atom. The van der Waals surface area contributed by atoms with Crippen molar-refractivity contribution in [2.45, 2.75) is 18.4 Å². The lowest BCUT2D eigenvalue weighted by molar-refractivity contribution is -0.0794. The van der Waals surface area contributed by atoms with E-state index in [-0.39, 0.29) is 11.6 Å². The second-order valence-electron chi connectivity index (χ2n) is 5.36. The molecule has 2 fully saturated rings. The third-order valence-corrected chi connectivity index (χ3v) is 4.10. The molecule has 5 nitrogen and oxygen atoms in total. The second-order valence-corrected chi connectivity index (χ2v) is 5.36. The van der Waals surface area contributed by atoms with Crippen LogP contribution in [0.5, 0.6) is 0 Å². The number of likely N-dealkylation sites (N-methyl/N-ethyl adjacent to an activating group) is 1. The Morgan fingerprint density at radius 3 is 2.41 bits per heavy atom. The standard InChI is InChI=1S/C12H23N3O2/c1-13(2)11(16)15-6-4-12(5-7-15)10-17-9-8-14(12)3/h4-10H2,1-3H3. The van der Waals surface area contributed by atoms with Gasteiger partial charge in [-0.15, -0.1) is 0 Å². The average Bonchev–Trinajstić information content (AvgIpc) is 2.33. The monoisotopic (exact) mass is 241 g/mol. The Kier molecular flexibility index (Phi) is 3.58. The molecule has 2 aliphatic heterocycles. The van der Waals surface area contributed by atoms with Crippen LogP contribution in [0.3, 0.4) is 0 Å². The molecule has 17 heavy (non-hydrogen) atoms. The lowest BCUT2D eigenvalue weighted by atomic mass is 9.86. The van der Waals surface area contributed by atoms with Gasteiger partial charge in [-0.25, -0.2) is 4.79 Å². The molecule has 5 heteroatoms. The molecule has 0 bridgehead atoms. The number of urea groups is 1. The van der Waals surface area contributed by atoms with Gasteiger partial charge in [0, 0.05) is 39.3 Å². The molecule has 0 aromatic rings. The van der Waals surface area contributed by atoms with Crippen LogP contribution in [0.4, 0.5) is 4.79 Å². The number of carbonyl (C=O) groups excluding carboxylic acids is 1. The van der Waals surface area contributed by atoms with E-state index >= 15 is 0 Å². The molecule has 0 aliphatic carbocycles. The minimum atomic E-state index is 0.124. The molecule has 0 aromatic heterocycles. The maximum absolute atomic E-state index is 11.9. The van der Waals surface area contributed by atoms with E-state index in [0.717, 1.165) is 45.7 Å². The predicted octanol–water partition coefficient (Wildman–Crippen LogP) is 0.465. The fourth-order valence-corrected chi connectivity index (χ4v) is 2.73. The number of carbonyl (C=O) groups is 1. The fourth-order valence-electron chi connectivity index (χ4n) is 2.73. The number of likely N-dealkylation sites (tertiary alicyclic amines) is 1. The molecule has 0 radical (unpaired) electrons. The van der Waals surface area contributed by atoms with Gasteiger partial charge >= 0.3 is 6.03 Å². The normalized spacial score (nSPS) is 25.0. The lowest BCUT2D eigenvalue weighted by Gasteiger charge is -2.49. The van der Waals surface area contributed by atoms with E-state index in [2.05, 4.69) is 11.9 Å². The first kappa shape index (κ1) is 12.6. The van der Waals surface area contributed by atoms with Gasteiger partial charge in [0.2, 0.25) is 0 Å². The fraction of sp³-hybridized carbons (Fsp3) is 0.917. The van der Waals surface area contributed by atoms with Gasteiger partial charge in [0.25, 0.3) is 0 Å². The van der Waals surface area contributed by atoms with Crippen molar-refractivity contribution >= 4 is 6.03 Å². The highest BCUT2D eigenvalue weighted by molar-refractivity contribution is 5.73. The number of hydrogen-bond acceptors (Lipinski definition) is 3. The van der Waals surface area contributed by atoms with E-state index in [1.165, 1.54) is 0 Å². The molecule has 0 N–H and O–H groups in total. The second kappa shape index (κ2) is 4.82. The van der Waals surface area contributed by atoms with Crippen molar-refractivity contribution in [1.82, 2.24) is 14.7 Å². The zero-order valence-corrected chi connectivity index (χ0v) is 11.1. The molecule has 2 aliphatic rings. The van der Waals surface area contributed by atoms with Crippen molar-refractivity contribution < 1.29 is 9.53 Å². The highest BCUT2D eigenvalue weighted by Gasteiger charge is 2.41. The van der Waals surface area contributed by atoms with Crippen molar-refractivity contribution in [1.29, 1.82) is 0 Å². The quantitative estimate of drug-likeness (QED) is 0.618. The van der Waals surface area contributed by atoms with Crippen molar-refractivity contribution in [3.8, 4) is 0 Å². The Morgan fingerprint density at radius 1 is 1.24 bits per heavy atom. The molecule has 2 heterocycles. The first-order chi connectivity index (χ1) is 8.05. The maximum atomic E-state index is 11.9. The highest BCUT2D eigenvalue weighted by atomic mass is 16.5. The maximum Gasteiger partial charge on any atom is 0.319 e. The summed E-state index contributed by atoms with van der Waals surface area (Å²) >= 11 is 0. The van der Waals surface area contributed by atoms with E-state index in [9.17, 15) is 4.79 Å². The minimum absolute atomic E-state index is 0.124. The molecule has 2 rings (SSSR count). The van der Waals surface area contributed by atoms with Crippen molar-refractivity contribution in [3.05, 3.63) is 0 Å².